The van der Waals surface area contributed by atoms with Gasteiger partial charge in [-0.1, -0.05) is 0 Å². The van der Waals surface area contributed by atoms with Gasteiger partial charge in [0.2, 0.25) is 5.91 Å². The average Bonchev–Trinajstić information content (AvgIpc) is 2.97. The van der Waals surface area contributed by atoms with E-state index in [2.05, 4.69) is 25.8 Å². The molecule has 2 aromatic rings. The molecule has 19 heavy (non-hydrogen) atoms. The minimum Gasteiger partial charge on any atom is -0.327 e. The molecule has 0 unspecified atom stereocenters. The number of hydrogen-bond acceptors (Lipinski definition) is 7. The first-order chi connectivity index (χ1) is 9.20. The van der Waals surface area contributed by atoms with Crippen molar-refractivity contribution < 1.29 is 4.79 Å². The molecule has 3 N–H and O–H groups in total. The second-order valence-corrected chi connectivity index (χ2v) is 5.53. The third-order valence-corrected chi connectivity index (χ3v) is 3.96. The van der Waals surface area contributed by atoms with Gasteiger partial charge >= 0.3 is 0 Å². The molecule has 8 nitrogen and oxygen atoms in total. The summed E-state index contributed by atoms with van der Waals surface area (Å²) >= 11 is 1.50. The van der Waals surface area contributed by atoms with Crippen LogP contribution in [0.4, 0.5) is 5.13 Å². The molecule has 0 spiro atoms. The average molecular weight is 279 g/mol. The van der Waals surface area contributed by atoms with Crippen LogP contribution >= 0.6 is 11.3 Å². The minimum atomic E-state index is -0.192. The molecule has 100 valence electrons. The Morgan fingerprint density at radius 2 is 2.53 bits per heavy atom. The minimum absolute atomic E-state index is 0.0801. The molecule has 0 aromatic carbocycles. The molecule has 1 atom stereocenters. The van der Waals surface area contributed by atoms with Gasteiger partial charge in [-0.15, -0.1) is 16.4 Å². The fourth-order valence-electron chi connectivity index (χ4n) is 2.01. The van der Waals surface area contributed by atoms with Crippen LogP contribution in [0.3, 0.4) is 0 Å². The number of aromatic nitrogens is 5. The molecule has 0 bridgehead atoms. The van der Waals surface area contributed by atoms with Crippen LogP contribution in [0.15, 0.2) is 6.33 Å². The molecular weight excluding hydrogens is 266 g/mol. The smallest absolute Gasteiger partial charge is 0.248 e. The normalized spacial score (nSPS) is 18.1. The molecule has 0 aliphatic heterocycles. The van der Waals surface area contributed by atoms with Gasteiger partial charge in [0, 0.05) is 10.9 Å². The summed E-state index contributed by atoms with van der Waals surface area (Å²) in [4.78, 5) is 17.4. The Labute approximate surface area is 113 Å². The lowest BCUT2D eigenvalue weighted by Crippen LogP contribution is -2.27. The molecule has 0 radical (unpaired) electrons. The summed E-state index contributed by atoms with van der Waals surface area (Å²) in [6.07, 6.45) is 4.08. The number of tetrazole rings is 1. The van der Waals surface area contributed by atoms with Crippen LogP contribution < -0.4 is 11.1 Å². The van der Waals surface area contributed by atoms with E-state index < -0.39 is 0 Å². The zero-order valence-corrected chi connectivity index (χ0v) is 10.9. The zero-order chi connectivity index (χ0) is 13.2. The van der Waals surface area contributed by atoms with Crippen LogP contribution in [0.25, 0.3) is 0 Å². The van der Waals surface area contributed by atoms with Gasteiger partial charge in [-0.05, 0) is 29.7 Å². The van der Waals surface area contributed by atoms with Gasteiger partial charge in [0.15, 0.2) is 5.13 Å². The van der Waals surface area contributed by atoms with Crippen molar-refractivity contribution in [3.05, 3.63) is 16.9 Å². The molecule has 0 saturated heterocycles. The lowest BCUT2D eigenvalue weighted by atomic mass is 9.99. The van der Waals surface area contributed by atoms with Gasteiger partial charge in [0.1, 0.15) is 12.9 Å². The number of amides is 1. The first kappa shape index (κ1) is 12.2. The molecule has 2 heterocycles. The van der Waals surface area contributed by atoms with E-state index in [1.165, 1.54) is 27.2 Å². The van der Waals surface area contributed by atoms with Gasteiger partial charge < -0.3 is 11.1 Å². The standard InChI is InChI=1S/C10H13N7OS/c11-6-1-2-7-8(3-6)19-10(13-7)14-9(18)4-17-5-12-15-16-17/h5-6H,1-4,11H2,(H,13,14,18)/t6-/m0/s1. The summed E-state index contributed by atoms with van der Waals surface area (Å²) in [5.74, 6) is -0.192. The van der Waals surface area contributed by atoms with E-state index in [1.54, 1.807) is 0 Å². The Balaban J connectivity index is 1.65. The van der Waals surface area contributed by atoms with Crippen LogP contribution in [0, 0.1) is 0 Å². The zero-order valence-electron chi connectivity index (χ0n) is 10.1. The van der Waals surface area contributed by atoms with Crippen LogP contribution in [0.2, 0.25) is 0 Å². The Hall–Kier alpha value is -1.87. The van der Waals surface area contributed by atoms with E-state index in [-0.39, 0.29) is 18.5 Å². The number of aryl methyl sites for hydroxylation is 1. The van der Waals surface area contributed by atoms with Crippen LogP contribution in [0.5, 0.6) is 0 Å². The number of hydrogen-bond donors (Lipinski definition) is 2. The molecule has 2 aromatic heterocycles. The van der Waals surface area contributed by atoms with Gasteiger partial charge in [0.05, 0.1) is 5.69 Å². The Morgan fingerprint density at radius 3 is 3.32 bits per heavy atom. The lowest BCUT2D eigenvalue weighted by molar-refractivity contribution is -0.116. The molecule has 0 fully saturated rings. The number of carbonyl (C=O) groups is 1. The van der Waals surface area contributed by atoms with Crippen molar-refractivity contribution in [3.8, 4) is 0 Å². The maximum atomic E-state index is 11.8. The van der Waals surface area contributed by atoms with Gasteiger partial charge in [-0.3, -0.25) is 4.79 Å². The van der Waals surface area contributed by atoms with E-state index in [0.29, 0.717) is 5.13 Å². The maximum absolute atomic E-state index is 11.8. The molecule has 1 aliphatic carbocycles. The highest BCUT2D eigenvalue weighted by Gasteiger charge is 2.20. The van der Waals surface area contributed by atoms with Crippen molar-refractivity contribution in [3.63, 3.8) is 0 Å². The Kier molecular flexibility index (Phi) is 3.22. The molecule has 9 heteroatoms. The third kappa shape index (κ3) is 2.76. The quantitative estimate of drug-likeness (QED) is 0.789. The van der Waals surface area contributed by atoms with Crippen molar-refractivity contribution in [2.45, 2.75) is 31.8 Å². The third-order valence-electron chi connectivity index (χ3n) is 2.92. The number of anilines is 1. The summed E-state index contributed by atoms with van der Waals surface area (Å²) in [7, 11) is 0. The number of rotatable bonds is 3. The fourth-order valence-corrected chi connectivity index (χ4v) is 3.13. The molecule has 1 aliphatic rings. The van der Waals surface area contributed by atoms with Crippen molar-refractivity contribution in [1.29, 1.82) is 0 Å². The van der Waals surface area contributed by atoms with E-state index in [9.17, 15) is 4.79 Å². The Bertz CT molecular complexity index is 579. The summed E-state index contributed by atoms with van der Waals surface area (Å²) in [5, 5.41) is 14.0. The van der Waals surface area contributed by atoms with E-state index >= 15 is 0 Å². The number of fused-ring (bicyclic) bond motifs is 1. The number of thiazole rings is 1. The van der Waals surface area contributed by atoms with Crippen molar-refractivity contribution in [1.82, 2.24) is 25.2 Å². The van der Waals surface area contributed by atoms with E-state index in [0.717, 1.165) is 25.0 Å². The molecular formula is C10H13N7OS. The number of nitrogens with two attached hydrogens (primary N) is 1. The largest absolute Gasteiger partial charge is 0.327 e. The number of carbonyl (C=O) groups excluding carboxylic acids is 1. The summed E-state index contributed by atoms with van der Waals surface area (Å²) in [5.41, 5.74) is 6.98. The van der Waals surface area contributed by atoms with Gasteiger partial charge in [-0.2, -0.15) is 0 Å². The number of nitrogens with zero attached hydrogens (tertiary/aromatic N) is 5. The second kappa shape index (κ2) is 5.02. The first-order valence-corrected chi connectivity index (χ1v) is 6.77. The highest BCUT2D eigenvalue weighted by Crippen LogP contribution is 2.29. The first-order valence-electron chi connectivity index (χ1n) is 5.95. The predicted octanol–water partition coefficient (Wildman–Crippen LogP) is -0.416. The lowest BCUT2D eigenvalue weighted by Gasteiger charge is -2.15. The van der Waals surface area contributed by atoms with Crippen molar-refractivity contribution in [2.75, 3.05) is 5.32 Å². The highest BCUT2D eigenvalue weighted by atomic mass is 32.1. The number of nitrogens with one attached hydrogen (secondary N) is 1. The topological polar surface area (TPSA) is 112 Å². The fraction of sp³-hybridized carbons (Fsp3) is 0.500. The Morgan fingerprint density at radius 1 is 1.63 bits per heavy atom. The summed E-state index contributed by atoms with van der Waals surface area (Å²) < 4.78 is 1.36. The van der Waals surface area contributed by atoms with Crippen molar-refractivity contribution >= 4 is 22.4 Å². The highest BCUT2D eigenvalue weighted by molar-refractivity contribution is 7.15. The van der Waals surface area contributed by atoms with Crippen LogP contribution in [-0.2, 0) is 24.2 Å². The van der Waals surface area contributed by atoms with Gasteiger partial charge in [-0.25, -0.2) is 9.67 Å². The van der Waals surface area contributed by atoms with Crippen LogP contribution in [0.1, 0.15) is 17.0 Å². The van der Waals surface area contributed by atoms with E-state index in [4.69, 9.17) is 5.73 Å². The second-order valence-electron chi connectivity index (χ2n) is 4.45. The monoisotopic (exact) mass is 279 g/mol. The van der Waals surface area contributed by atoms with E-state index in [1.807, 2.05) is 0 Å². The van der Waals surface area contributed by atoms with Crippen LogP contribution in [-0.4, -0.2) is 37.1 Å². The summed E-state index contributed by atoms with van der Waals surface area (Å²) in [6.45, 7) is 0.0801. The summed E-state index contributed by atoms with van der Waals surface area (Å²) in [6, 6.07) is 0.206. The predicted molar refractivity (Wildman–Crippen MR) is 68.6 cm³/mol. The SMILES string of the molecule is N[C@H]1CCc2nc(NC(=O)Cn3cnnn3)sc2C1. The molecule has 0 saturated carbocycles. The maximum Gasteiger partial charge on any atom is 0.248 e. The van der Waals surface area contributed by atoms with Gasteiger partial charge in [0.25, 0.3) is 0 Å². The molecule has 1 amide bonds. The molecule has 3 rings (SSSR count). The van der Waals surface area contributed by atoms with Crippen molar-refractivity contribution in [2.24, 2.45) is 5.73 Å².